The highest BCUT2D eigenvalue weighted by Gasteiger charge is 2.32. The number of nitrogens with zero attached hydrogens (tertiary/aromatic N) is 1. The van der Waals surface area contributed by atoms with Crippen LogP contribution in [0.2, 0.25) is 0 Å². The van der Waals surface area contributed by atoms with Crippen molar-refractivity contribution in [2.24, 2.45) is 5.73 Å². The van der Waals surface area contributed by atoms with Gasteiger partial charge in [0.25, 0.3) is 0 Å². The van der Waals surface area contributed by atoms with Crippen molar-refractivity contribution in [3.8, 4) is 0 Å². The lowest BCUT2D eigenvalue weighted by atomic mass is 10.0. The molecule has 1 saturated heterocycles. The zero-order valence-electron chi connectivity index (χ0n) is 10.3. The van der Waals surface area contributed by atoms with E-state index in [2.05, 4.69) is 0 Å². The van der Waals surface area contributed by atoms with Crippen LogP contribution in [-0.2, 0) is 4.79 Å². The second-order valence-corrected chi connectivity index (χ2v) is 4.69. The standard InChI is InChI=1S/C13H16F2N2O2/c14-9-3-1-8(2-4-9)12(18)11(16)13(19)17-6-5-10(15)7-17/h1-4,10-12,18H,5-7,16H2/t10-,11-,12+/m0/s1. The molecule has 2 rings (SSSR count). The molecule has 0 aromatic heterocycles. The molecule has 0 unspecified atom stereocenters. The molecule has 1 aromatic rings. The van der Waals surface area contributed by atoms with E-state index in [1.807, 2.05) is 0 Å². The van der Waals surface area contributed by atoms with Crippen LogP contribution in [0.15, 0.2) is 24.3 Å². The van der Waals surface area contributed by atoms with Crippen molar-refractivity contribution in [3.05, 3.63) is 35.6 Å². The number of benzene rings is 1. The maximum Gasteiger partial charge on any atom is 0.242 e. The SMILES string of the molecule is N[C@H](C(=O)N1CC[C@H](F)C1)[C@H](O)c1ccc(F)cc1. The van der Waals surface area contributed by atoms with Crippen molar-refractivity contribution in [1.29, 1.82) is 0 Å². The number of aliphatic hydroxyl groups excluding tert-OH is 1. The van der Waals surface area contributed by atoms with Gasteiger partial charge in [-0.05, 0) is 24.1 Å². The summed E-state index contributed by atoms with van der Waals surface area (Å²) in [6.07, 6.45) is -1.96. The molecular weight excluding hydrogens is 254 g/mol. The maximum atomic E-state index is 13.0. The van der Waals surface area contributed by atoms with Gasteiger partial charge >= 0.3 is 0 Å². The van der Waals surface area contributed by atoms with Gasteiger partial charge in [-0.25, -0.2) is 8.78 Å². The van der Waals surface area contributed by atoms with Crippen LogP contribution in [0, 0.1) is 5.82 Å². The number of alkyl halides is 1. The van der Waals surface area contributed by atoms with Crippen molar-refractivity contribution < 1.29 is 18.7 Å². The second-order valence-electron chi connectivity index (χ2n) is 4.69. The quantitative estimate of drug-likeness (QED) is 0.852. The summed E-state index contributed by atoms with van der Waals surface area (Å²) in [5.41, 5.74) is 6.06. The minimum Gasteiger partial charge on any atom is -0.386 e. The van der Waals surface area contributed by atoms with Crippen molar-refractivity contribution in [3.63, 3.8) is 0 Å². The molecule has 19 heavy (non-hydrogen) atoms. The van der Waals surface area contributed by atoms with E-state index in [1.165, 1.54) is 29.2 Å². The molecule has 1 amide bonds. The number of nitrogens with two attached hydrogens (primary N) is 1. The minimum absolute atomic E-state index is 0.0165. The van der Waals surface area contributed by atoms with E-state index < -0.39 is 30.0 Å². The van der Waals surface area contributed by atoms with Gasteiger partial charge in [0.2, 0.25) is 5.91 Å². The first kappa shape index (κ1) is 13.9. The summed E-state index contributed by atoms with van der Waals surface area (Å²) in [6, 6.07) is 3.94. The Morgan fingerprint density at radius 1 is 1.42 bits per heavy atom. The Bertz CT molecular complexity index is 452. The van der Waals surface area contributed by atoms with Crippen LogP contribution in [0.1, 0.15) is 18.1 Å². The third-order valence-corrected chi connectivity index (χ3v) is 3.28. The number of carbonyl (C=O) groups is 1. The summed E-state index contributed by atoms with van der Waals surface area (Å²) in [6.45, 7) is 0.326. The highest BCUT2D eigenvalue weighted by atomic mass is 19.1. The van der Waals surface area contributed by atoms with Crippen LogP contribution in [0.3, 0.4) is 0 Å². The fraction of sp³-hybridized carbons (Fsp3) is 0.462. The Balaban J connectivity index is 2.04. The molecule has 1 aliphatic rings. The molecular formula is C13H16F2N2O2. The number of amides is 1. The first-order valence-electron chi connectivity index (χ1n) is 6.11. The molecule has 0 saturated carbocycles. The molecule has 3 N–H and O–H groups in total. The molecule has 0 bridgehead atoms. The number of rotatable bonds is 3. The Hall–Kier alpha value is -1.53. The van der Waals surface area contributed by atoms with Crippen LogP contribution in [0.25, 0.3) is 0 Å². The summed E-state index contributed by atoms with van der Waals surface area (Å²) >= 11 is 0. The topological polar surface area (TPSA) is 66.6 Å². The van der Waals surface area contributed by atoms with E-state index in [0.717, 1.165) is 0 Å². The van der Waals surface area contributed by atoms with E-state index >= 15 is 0 Å². The van der Waals surface area contributed by atoms with Crippen LogP contribution >= 0.6 is 0 Å². The molecule has 0 spiro atoms. The number of halogens is 2. The molecule has 1 aromatic carbocycles. The molecule has 0 radical (unpaired) electrons. The van der Waals surface area contributed by atoms with Crippen molar-refractivity contribution >= 4 is 5.91 Å². The highest BCUT2D eigenvalue weighted by Crippen LogP contribution is 2.20. The van der Waals surface area contributed by atoms with Gasteiger partial charge in [0, 0.05) is 6.54 Å². The number of hydrogen-bond donors (Lipinski definition) is 2. The molecule has 1 fully saturated rings. The smallest absolute Gasteiger partial charge is 0.242 e. The minimum atomic E-state index is -1.23. The molecule has 3 atom stereocenters. The molecule has 0 aliphatic carbocycles. The van der Waals surface area contributed by atoms with Gasteiger partial charge in [-0.15, -0.1) is 0 Å². The van der Waals surface area contributed by atoms with E-state index in [9.17, 15) is 18.7 Å². The van der Waals surface area contributed by atoms with E-state index in [0.29, 0.717) is 18.5 Å². The highest BCUT2D eigenvalue weighted by molar-refractivity contribution is 5.82. The maximum absolute atomic E-state index is 13.0. The van der Waals surface area contributed by atoms with E-state index in [4.69, 9.17) is 5.73 Å². The van der Waals surface area contributed by atoms with Gasteiger partial charge in [-0.2, -0.15) is 0 Å². The zero-order chi connectivity index (χ0) is 14.0. The molecule has 6 heteroatoms. The van der Waals surface area contributed by atoms with Gasteiger partial charge in [0.1, 0.15) is 24.1 Å². The Kier molecular flexibility index (Phi) is 4.11. The molecule has 1 heterocycles. The van der Waals surface area contributed by atoms with Crippen molar-refractivity contribution in [2.45, 2.75) is 24.7 Å². The van der Waals surface area contributed by atoms with Gasteiger partial charge < -0.3 is 15.7 Å². The lowest BCUT2D eigenvalue weighted by Gasteiger charge is -2.24. The van der Waals surface area contributed by atoms with Crippen LogP contribution in [0.4, 0.5) is 8.78 Å². The fourth-order valence-corrected chi connectivity index (χ4v) is 2.13. The van der Waals surface area contributed by atoms with Gasteiger partial charge in [0.05, 0.1) is 6.54 Å². The third-order valence-electron chi connectivity index (χ3n) is 3.28. The molecule has 104 valence electrons. The predicted molar refractivity (Wildman–Crippen MR) is 65.4 cm³/mol. The molecule has 1 aliphatic heterocycles. The number of aliphatic hydroxyl groups is 1. The third kappa shape index (κ3) is 3.08. The Morgan fingerprint density at radius 2 is 2.05 bits per heavy atom. The van der Waals surface area contributed by atoms with E-state index in [-0.39, 0.29) is 6.54 Å². The summed E-state index contributed by atoms with van der Waals surface area (Å²) in [7, 11) is 0. The van der Waals surface area contributed by atoms with Crippen LogP contribution in [0.5, 0.6) is 0 Å². The molecule has 4 nitrogen and oxygen atoms in total. The zero-order valence-corrected chi connectivity index (χ0v) is 10.3. The first-order chi connectivity index (χ1) is 8.99. The average molecular weight is 270 g/mol. The van der Waals surface area contributed by atoms with Gasteiger partial charge in [-0.3, -0.25) is 4.79 Å². The largest absolute Gasteiger partial charge is 0.386 e. The van der Waals surface area contributed by atoms with Crippen LogP contribution < -0.4 is 5.73 Å². The first-order valence-corrected chi connectivity index (χ1v) is 6.11. The number of likely N-dealkylation sites (tertiary alicyclic amines) is 1. The number of carbonyl (C=O) groups excluding carboxylic acids is 1. The summed E-state index contributed by atoms with van der Waals surface area (Å²) in [5, 5.41) is 9.99. The summed E-state index contributed by atoms with van der Waals surface area (Å²) in [4.78, 5) is 13.3. The summed E-state index contributed by atoms with van der Waals surface area (Å²) in [5.74, 6) is -0.923. The normalized spacial score (nSPS) is 22.3. The van der Waals surface area contributed by atoms with E-state index in [1.54, 1.807) is 0 Å². The Morgan fingerprint density at radius 3 is 2.58 bits per heavy atom. The van der Waals surface area contributed by atoms with Gasteiger partial charge in [0.15, 0.2) is 0 Å². The predicted octanol–water partition coefficient (Wildman–Crippen LogP) is 0.757. The lowest BCUT2D eigenvalue weighted by molar-refractivity contribution is -0.134. The number of hydrogen-bond acceptors (Lipinski definition) is 3. The van der Waals surface area contributed by atoms with Crippen LogP contribution in [-0.4, -0.2) is 41.2 Å². The fourth-order valence-electron chi connectivity index (χ4n) is 2.13. The van der Waals surface area contributed by atoms with Gasteiger partial charge in [-0.1, -0.05) is 12.1 Å². The van der Waals surface area contributed by atoms with Crippen molar-refractivity contribution in [1.82, 2.24) is 4.90 Å². The van der Waals surface area contributed by atoms with Crippen molar-refractivity contribution in [2.75, 3.05) is 13.1 Å². The second kappa shape index (κ2) is 5.63. The average Bonchev–Trinajstić information content (AvgIpc) is 2.84. The monoisotopic (exact) mass is 270 g/mol. The Labute approximate surface area is 109 Å². The lowest BCUT2D eigenvalue weighted by Crippen LogP contribution is -2.46. The summed E-state index contributed by atoms with van der Waals surface area (Å²) < 4.78 is 25.8.